The molecule has 2 aromatic rings. The van der Waals surface area contributed by atoms with Crippen molar-refractivity contribution in [1.82, 2.24) is 25.2 Å². The molecule has 1 atom stereocenters. The molecule has 1 fully saturated rings. The van der Waals surface area contributed by atoms with Gasteiger partial charge in [0.25, 0.3) is 5.91 Å². The molecule has 0 saturated carbocycles. The normalized spacial score (nSPS) is 19.5. The van der Waals surface area contributed by atoms with E-state index in [1.54, 1.807) is 4.68 Å². The first-order valence-electron chi connectivity index (χ1n) is 8.96. The van der Waals surface area contributed by atoms with Gasteiger partial charge in [0.05, 0.1) is 11.4 Å². The summed E-state index contributed by atoms with van der Waals surface area (Å²) in [7, 11) is 1.93. The Morgan fingerprint density at radius 1 is 1.27 bits per heavy atom. The zero-order valence-corrected chi connectivity index (χ0v) is 15.1. The zero-order valence-electron chi connectivity index (χ0n) is 15.1. The molecular formula is C18H23N5O3. The number of hydrogen-bond donors (Lipinski definition) is 1. The summed E-state index contributed by atoms with van der Waals surface area (Å²) in [6.45, 7) is 4.40. The quantitative estimate of drug-likeness (QED) is 0.888. The largest absolute Gasteiger partial charge is 0.486 e. The van der Waals surface area contributed by atoms with Gasteiger partial charge in [-0.25, -0.2) is 4.68 Å². The predicted octanol–water partition coefficient (Wildman–Crippen LogP) is 1.17. The molecule has 1 amide bonds. The van der Waals surface area contributed by atoms with Crippen molar-refractivity contribution in [2.75, 3.05) is 33.4 Å². The molecule has 138 valence electrons. The molecule has 0 radical (unpaired) electrons. The molecular weight excluding hydrogens is 334 g/mol. The summed E-state index contributed by atoms with van der Waals surface area (Å²) < 4.78 is 12.9. The molecule has 1 unspecified atom stereocenters. The van der Waals surface area contributed by atoms with E-state index in [0.29, 0.717) is 37.2 Å². The van der Waals surface area contributed by atoms with Gasteiger partial charge in [-0.2, -0.15) is 0 Å². The highest BCUT2D eigenvalue weighted by Crippen LogP contribution is 2.32. The molecule has 0 spiro atoms. The molecule has 1 aromatic heterocycles. The van der Waals surface area contributed by atoms with Gasteiger partial charge in [0.15, 0.2) is 17.2 Å². The number of carbonyl (C=O) groups excluding carboxylic acids is 1. The number of rotatable bonds is 3. The van der Waals surface area contributed by atoms with Gasteiger partial charge >= 0.3 is 0 Å². The minimum Gasteiger partial charge on any atom is -0.486 e. The van der Waals surface area contributed by atoms with E-state index in [0.717, 1.165) is 36.5 Å². The van der Waals surface area contributed by atoms with Gasteiger partial charge in [-0.1, -0.05) is 5.21 Å². The minimum atomic E-state index is -0.0637. The lowest BCUT2D eigenvalue weighted by Crippen LogP contribution is -2.47. The summed E-state index contributed by atoms with van der Waals surface area (Å²) in [5.74, 6) is 1.34. The molecule has 2 aliphatic rings. The van der Waals surface area contributed by atoms with Crippen molar-refractivity contribution in [3.8, 4) is 17.2 Å². The second-order valence-corrected chi connectivity index (χ2v) is 6.64. The van der Waals surface area contributed by atoms with Crippen LogP contribution in [-0.2, 0) is 0 Å². The van der Waals surface area contributed by atoms with Gasteiger partial charge in [-0.15, -0.1) is 5.10 Å². The van der Waals surface area contributed by atoms with E-state index >= 15 is 0 Å². The fourth-order valence-electron chi connectivity index (χ4n) is 3.48. The lowest BCUT2D eigenvalue weighted by molar-refractivity contribution is 0.0691. The van der Waals surface area contributed by atoms with Crippen LogP contribution in [0, 0.1) is 6.92 Å². The Hall–Kier alpha value is -2.61. The highest BCUT2D eigenvalue weighted by molar-refractivity contribution is 5.93. The first kappa shape index (κ1) is 16.8. The number of ether oxygens (including phenoxy) is 2. The summed E-state index contributed by atoms with van der Waals surface area (Å²) in [5, 5.41) is 11.6. The number of amides is 1. The molecule has 1 aromatic carbocycles. The molecule has 2 aliphatic heterocycles. The summed E-state index contributed by atoms with van der Waals surface area (Å²) in [6.07, 6.45) is 2.08. The number of aromatic nitrogens is 3. The third-order valence-electron chi connectivity index (χ3n) is 4.98. The number of hydrogen-bond acceptors (Lipinski definition) is 6. The SMILES string of the molecule is CNC1CCCN(C(=O)c2nnn(-c3ccc4c(c3)OCCO4)c2C)C1. The van der Waals surface area contributed by atoms with Crippen LogP contribution in [0.25, 0.3) is 5.69 Å². The Morgan fingerprint density at radius 2 is 2.08 bits per heavy atom. The number of likely N-dealkylation sites (N-methyl/N-ethyl adjacent to an activating group) is 1. The smallest absolute Gasteiger partial charge is 0.276 e. The van der Waals surface area contributed by atoms with Crippen LogP contribution in [0.15, 0.2) is 18.2 Å². The van der Waals surface area contributed by atoms with Crippen LogP contribution < -0.4 is 14.8 Å². The first-order valence-corrected chi connectivity index (χ1v) is 8.96. The number of carbonyl (C=O) groups is 1. The van der Waals surface area contributed by atoms with Gasteiger partial charge in [-0.05, 0) is 38.9 Å². The number of nitrogens with one attached hydrogen (secondary N) is 1. The van der Waals surface area contributed by atoms with Crippen molar-refractivity contribution in [1.29, 1.82) is 0 Å². The fraction of sp³-hybridized carbons (Fsp3) is 0.500. The lowest BCUT2D eigenvalue weighted by Gasteiger charge is -2.32. The van der Waals surface area contributed by atoms with Crippen molar-refractivity contribution < 1.29 is 14.3 Å². The monoisotopic (exact) mass is 357 g/mol. The van der Waals surface area contributed by atoms with Crippen molar-refractivity contribution in [3.05, 3.63) is 29.6 Å². The molecule has 8 heteroatoms. The molecule has 0 bridgehead atoms. The topological polar surface area (TPSA) is 81.5 Å². The second-order valence-electron chi connectivity index (χ2n) is 6.64. The van der Waals surface area contributed by atoms with Crippen LogP contribution in [0.4, 0.5) is 0 Å². The van der Waals surface area contributed by atoms with Crippen molar-refractivity contribution in [2.45, 2.75) is 25.8 Å². The van der Waals surface area contributed by atoms with Crippen LogP contribution in [-0.4, -0.2) is 65.2 Å². The third-order valence-corrected chi connectivity index (χ3v) is 4.98. The Morgan fingerprint density at radius 3 is 2.88 bits per heavy atom. The number of piperidine rings is 1. The van der Waals surface area contributed by atoms with Crippen molar-refractivity contribution >= 4 is 5.91 Å². The number of fused-ring (bicyclic) bond motifs is 1. The standard InChI is InChI=1S/C18H23N5O3/c1-12-17(18(24)22-7-3-4-13(11-22)19-2)20-21-23(12)14-5-6-15-16(10-14)26-9-8-25-15/h5-6,10,13,19H,3-4,7-9,11H2,1-2H3. The van der Waals surface area contributed by atoms with Crippen LogP contribution in [0.5, 0.6) is 11.5 Å². The van der Waals surface area contributed by atoms with E-state index in [1.807, 2.05) is 37.1 Å². The molecule has 0 aliphatic carbocycles. The highest BCUT2D eigenvalue weighted by Gasteiger charge is 2.27. The lowest BCUT2D eigenvalue weighted by atomic mass is 10.1. The van der Waals surface area contributed by atoms with Crippen molar-refractivity contribution in [2.24, 2.45) is 0 Å². The van der Waals surface area contributed by atoms with Crippen molar-refractivity contribution in [3.63, 3.8) is 0 Å². The third kappa shape index (κ3) is 3.01. The van der Waals surface area contributed by atoms with E-state index in [2.05, 4.69) is 15.6 Å². The fourth-order valence-corrected chi connectivity index (χ4v) is 3.48. The van der Waals surface area contributed by atoms with Gasteiger partial charge in [0.1, 0.15) is 13.2 Å². The second kappa shape index (κ2) is 6.95. The average Bonchev–Trinajstić information content (AvgIpc) is 3.08. The number of nitrogens with zero attached hydrogens (tertiary/aromatic N) is 4. The van der Waals surface area contributed by atoms with Crippen LogP contribution in [0.1, 0.15) is 29.0 Å². The van der Waals surface area contributed by atoms with E-state index in [1.165, 1.54) is 0 Å². The summed E-state index contributed by atoms with van der Waals surface area (Å²) >= 11 is 0. The maximum atomic E-state index is 12.9. The highest BCUT2D eigenvalue weighted by atomic mass is 16.6. The van der Waals surface area contributed by atoms with Crippen LogP contribution in [0.2, 0.25) is 0 Å². The maximum Gasteiger partial charge on any atom is 0.276 e. The predicted molar refractivity (Wildman–Crippen MR) is 95.1 cm³/mol. The van der Waals surface area contributed by atoms with E-state index in [4.69, 9.17) is 9.47 Å². The Bertz CT molecular complexity index is 819. The summed E-state index contributed by atoms with van der Waals surface area (Å²) in [4.78, 5) is 14.8. The Labute approximate surface area is 152 Å². The molecule has 3 heterocycles. The molecule has 1 N–H and O–H groups in total. The number of benzene rings is 1. The van der Waals surface area contributed by atoms with Crippen LogP contribution in [0.3, 0.4) is 0 Å². The Kier molecular flexibility index (Phi) is 4.50. The van der Waals surface area contributed by atoms with E-state index < -0.39 is 0 Å². The zero-order chi connectivity index (χ0) is 18.1. The number of likely N-dealkylation sites (tertiary alicyclic amines) is 1. The average molecular weight is 357 g/mol. The molecule has 26 heavy (non-hydrogen) atoms. The molecule has 1 saturated heterocycles. The van der Waals surface area contributed by atoms with Gasteiger partial charge in [0, 0.05) is 25.2 Å². The van der Waals surface area contributed by atoms with Crippen LogP contribution >= 0.6 is 0 Å². The molecule has 4 rings (SSSR count). The van der Waals surface area contributed by atoms with Gasteiger partial charge in [-0.3, -0.25) is 4.79 Å². The first-order chi connectivity index (χ1) is 12.7. The van der Waals surface area contributed by atoms with E-state index in [9.17, 15) is 4.79 Å². The minimum absolute atomic E-state index is 0.0637. The van der Waals surface area contributed by atoms with Gasteiger partial charge in [0.2, 0.25) is 0 Å². The maximum absolute atomic E-state index is 12.9. The van der Waals surface area contributed by atoms with Gasteiger partial charge < -0.3 is 19.7 Å². The molecule has 8 nitrogen and oxygen atoms in total. The Balaban J connectivity index is 1.59. The summed E-state index contributed by atoms with van der Waals surface area (Å²) in [5.41, 5.74) is 1.92. The van der Waals surface area contributed by atoms with E-state index in [-0.39, 0.29) is 5.91 Å². The summed E-state index contributed by atoms with van der Waals surface area (Å²) in [6, 6.07) is 5.94.